The minimum atomic E-state index is -0.298. The molecule has 21 heavy (non-hydrogen) atoms. The molecule has 1 amide bonds. The van der Waals surface area contributed by atoms with Gasteiger partial charge in [0.05, 0.1) is 5.52 Å². The first-order chi connectivity index (χ1) is 10.2. The van der Waals surface area contributed by atoms with Gasteiger partial charge in [-0.15, -0.1) is 5.10 Å². The number of hydrogen-bond acceptors (Lipinski definition) is 4. The highest BCUT2D eigenvalue weighted by atomic mass is 16.2. The number of fused-ring (bicyclic) bond motifs is 1. The first-order valence-electron chi connectivity index (χ1n) is 6.88. The molecule has 0 aliphatic heterocycles. The fraction of sp³-hybridized carbons (Fsp3) is 0.286. The summed E-state index contributed by atoms with van der Waals surface area (Å²) in [6, 6.07) is 7.61. The average molecular weight is 282 g/mol. The standard InChI is InChI=1S/C14H14N6O/c1-20-10-5-3-2-4-9(10)11(19-20)13(21)16-14-15-12(17-18-14)8-6-7-8/h2-5,8H,6-7H2,1H3,(H2,15,16,17,18,21). The summed E-state index contributed by atoms with van der Waals surface area (Å²) in [6.45, 7) is 0. The van der Waals surface area contributed by atoms with Gasteiger partial charge in [0.2, 0.25) is 5.95 Å². The van der Waals surface area contributed by atoms with E-state index in [-0.39, 0.29) is 5.91 Å². The van der Waals surface area contributed by atoms with Crippen molar-refractivity contribution in [2.24, 2.45) is 7.05 Å². The lowest BCUT2D eigenvalue weighted by Crippen LogP contribution is -2.14. The van der Waals surface area contributed by atoms with Crippen LogP contribution in [0.2, 0.25) is 0 Å². The van der Waals surface area contributed by atoms with Gasteiger partial charge in [0, 0.05) is 18.4 Å². The number of carbonyl (C=O) groups is 1. The topological polar surface area (TPSA) is 88.5 Å². The number of H-pyrrole nitrogens is 1. The predicted molar refractivity (Wildman–Crippen MR) is 77.0 cm³/mol. The molecule has 0 radical (unpaired) electrons. The molecule has 3 aromatic rings. The van der Waals surface area contributed by atoms with E-state index in [1.807, 2.05) is 31.3 Å². The van der Waals surface area contributed by atoms with E-state index >= 15 is 0 Å². The molecular weight excluding hydrogens is 268 g/mol. The molecule has 1 aromatic carbocycles. The van der Waals surface area contributed by atoms with Crippen molar-refractivity contribution in [3.63, 3.8) is 0 Å². The van der Waals surface area contributed by atoms with Gasteiger partial charge in [-0.1, -0.05) is 18.2 Å². The number of anilines is 1. The molecule has 0 atom stereocenters. The maximum atomic E-state index is 12.4. The molecule has 7 nitrogen and oxygen atoms in total. The normalized spacial score (nSPS) is 14.5. The largest absolute Gasteiger partial charge is 0.288 e. The zero-order valence-corrected chi connectivity index (χ0v) is 11.5. The second-order valence-corrected chi connectivity index (χ2v) is 5.26. The molecule has 4 rings (SSSR count). The first kappa shape index (κ1) is 12.1. The van der Waals surface area contributed by atoms with Crippen LogP contribution in [0, 0.1) is 0 Å². The van der Waals surface area contributed by atoms with Crippen LogP contribution >= 0.6 is 0 Å². The van der Waals surface area contributed by atoms with E-state index in [1.54, 1.807) is 4.68 Å². The molecule has 2 N–H and O–H groups in total. The third-order valence-corrected chi connectivity index (χ3v) is 3.66. The van der Waals surface area contributed by atoms with Crippen LogP contribution in [0.3, 0.4) is 0 Å². The summed E-state index contributed by atoms with van der Waals surface area (Å²) < 4.78 is 1.69. The number of aryl methyl sites for hydroxylation is 1. The molecule has 106 valence electrons. The van der Waals surface area contributed by atoms with E-state index in [2.05, 4.69) is 25.6 Å². The molecule has 7 heteroatoms. The van der Waals surface area contributed by atoms with Crippen molar-refractivity contribution in [3.05, 3.63) is 35.8 Å². The Morgan fingerprint density at radius 3 is 3.00 bits per heavy atom. The Bertz CT molecular complexity index is 829. The van der Waals surface area contributed by atoms with Gasteiger partial charge in [-0.2, -0.15) is 10.1 Å². The van der Waals surface area contributed by atoms with E-state index in [0.717, 1.165) is 29.6 Å². The highest BCUT2D eigenvalue weighted by molar-refractivity contribution is 6.10. The number of carbonyl (C=O) groups excluding carboxylic acids is 1. The van der Waals surface area contributed by atoms with Gasteiger partial charge in [0.1, 0.15) is 5.82 Å². The third kappa shape index (κ3) is 2.06. The van der Waals surface area contributed by atoms with E-state index in [9.17, 15) is 4.79 Å². The zero-order chi connectivity index (χ0) is 14.4. The van der Waals surface area contributed by atoms with E-state index in [0.29, 0.717) is 17.6 Å². The molecule has 1 fully saturated rings. The number of aromatic amines is 1. The summed E-state index contributed by atoms with van der Waals surface area (Å²) >= 11 is 0. The number of hydrogen-bond donors (Lipinski definition) is 2. The summed E-state index contributed by atoms with van der Waals surface area (Å²) in [5.74, 6) is 1.32. The van der Waals surface area contributed by atoms with Gasteiger partial charge in [-0.25, -0.2) is 0 Å². The molecule has 0 unspecified atom stereocenters. The van der Waals surface area contributed by atoms with Gasteiger partial charge in [0.25, 0.3) is 5.91 Å². The van der Waals surface area contributed by atoms with Crippen LogP contribution in [0.25, 0.3) is 10.9 Å². The van der Waals surface area contributed by atoms with Gasteiger partial charge < -0.3 is 0 Å². The molecule has 0 bridgehead atoms. The molecular formula is C14H14N6O. The number of nitrogens with one attached hydrogen (secondary N) is 2. The lowest BCUT2D eigenvalue weighted by molar-refractivity contribution is 0.102. The van der Waals surface area contributed by atoms with Gasteiger partial charge in [-0.3, -0.25) is 19.9 Å². The Labute approximate surface area is 120 Å². The SMILES string of the molecule is Cn1nc(C(=O)Nc2n[nH]c(C3CC3)n2)c2ccccc21. The summed E-state index contributed by atoms with van der Waals surface area (Å²) in [6.07, 6.45) is 2.26. The molecule has 1 aliphatic carbocycles. The average Bonchev–Trinajstić information content (AvgIpc) is 3.15. The highest BCUT2D eigenvalue weighted by Crippen LogP contribution is 2.38. The zero-order valence-electron chi connectivity index (χ0n) is 11.5. The van der Waals surface area contributed by atoms with Crippen LogP contribution in [0.4, 0.5) is 5.95 Å². The van der Waals surface area contributed by atoms with Crippen molar-refractivity contribution in [1.82, 2.24) is 25.0 Å². The smallest absolute Gasteiger partial charge is 0.279 e. The lowest BCUT2D eigenvalue weighted by atomic mass is 10.2. The Hall–Kier alpha value is -2.70. The van der Waals surface area contributed by atoms with Crippen molar-refractivity contribution >= 4 is 22.8 Å². The van der Waals surface area contributed by atoms with E-state index in [1.165, 1.54) is 0 Å². The second-order valence-electron chi connectivity index (χ2n) is 5.26. The Balaban J connectivity index is 1.63. The third-order valence-electron chi connectivity index (χ3n) is 3.66. The van der Waals surface area contributed by atoms with Crippen LogP contribution in [-0.2, 0) is 7.05 Å². The maximum absolute atomic E-state index is 12.4. The fourth-order valence-corrected chi connectivity index (χ4v) is 2.41. The molecule has 2 heterocycles. The molecule has 0 spiro atoms. The maximum Gasteiger partial charge on any atom is 0.279 e. The van der Waals surface area contributed by atoms with Crippen molar-refractivity contribution in [2.45, 2.75) is 18.8 Å². The van der Waals surface area contributed by atoms with Gasteiger partial charge in [0.15, 0.2) is 5.69 Å². The summed E-state index contributed by atoms with van der Waals surface area (Å²) in [4.78, 5) is 16.6. The first-order valence-corrected chi connectivity index (χ1v) is 6.88. The molecule has 0 saturated heterocycles. The minimum Gasteiger partial charge on any atom is -0.288 e. The van der Waals surface area contributed by atoms with Crippen LogP contribution in [-0.4, -0.2) is 30.9 Å². The number of amides is 1. The quantitative estimate of drug-likeness (QED) is 0.767. The second kappa shape index (κ2) is 4.41. The Morgan fingerprint density at radius 2 is 2.19 bits per heavy atom. The lowest BCUT2D eigenvalue weighted by Gasteiger charge is -1.97. The molecule has 1 aliphatic rings. The summed E-state index contributed by atoms with van der Waals surface area (Å²) in [5, 5.41) is 14.7. The van der Waals surface area contributed by atoms with Crippen LogP contribution in [0.5, 0.6) is 0 Å². The van der Waals surface area contributed by atoms with Crippen molar-refractivity contribution < 1.29 is 4.79 Å². The fourth-order valence-electron chi connectivity index (χ4n) is 2.41. The molecule has 2 aromatic heterocycles. The number of rotatable bonds is 3. The van der Waals surface area contributed by atoms with Crippen LogP contribution in [0.15, 0.2) is 24.3 Å². The monoisotopic (exact) mass is 282 g/mol. The van der Waals surface area contributed by atoms with Crippen molar-refractivity contribution in [1.29, 1.82) is 0 Å². The number of nitrogens with zero attached hydrogens (tertiary/aromatic N) is 4. The minimum absolute atomic E-state index is 0.298. The summed E-state index contributed by atoms with van der Waals surface area (Å²) in [5.41, 5.74) is 1.29. The number of aromatic nitrogens is 5. The van der Waals surface area contributed by atoms with Crippen molar-refractivity contribution in [2.75, 3.05) is 5.32 Å². The number of para-hydroxylation sites is 1. The predicted octanol–water partition coefficient (Wildman–Crippen LogP) is 1.82. The van der Waals surface area contributed by atoms with Gasteiger partial charge >= 0.3 is 0 Å². The highest BCUT2D eigenvalue weighted by Gasteiger charge is 2.27. The van der Waals surface area contributed by atoms with E-state index in [4.69, 9.17) is 0 Å². The Kier molecular flexibility index (Phi) is 2.53. The van der Waals surface area contributed by atoms with Crippen molar-refractivity contribution in [3.8, 4) is 0 Å². The van der Waals surface area contributed by atoms with Crippen LogP contribution in [0.1, 0.15) is 35.1 Å². The summed E-state index contributed by atoms with van der Waals surface area (Å²) in [7, 11) is 1.82. The molecule has 1 saturated carbocycles. The van der Waals surface area contributed by atoms with Gasteiger partial charge in [-0.05, 0) is 18.9 Å². The Morgan fingerprint density at radius 1 is 1.38 bits per heavy atom. The number of benzene rings is 1. The van der Waals surface area contributed by atoms with E-state index < -0.39 is 0 Å². The van der Waals surface area contributed by atoms with Crippen LogP contribution < -0.4 is 5.32 Å².